The van der Waals surface area contributed by atoms with E-state index >= 15 is 0 Å². The molecule has 0 aliphatic heterocycles. The van der Waals surface area contributed by atoms with Crippen molar-refractivity contribution in [2.75, 3.05) is 18.5 Å². The van der Waals surface area contributed by atoms with Crippen LogP contribution in [0.4, 0.5) is 18.9 Å². The van der Waals surface area contributed by atoms with E-state index in [0.717, 1.165) is 0 Å². The number of nitrogens with one attached hydrogen (secondary N) is 2. The number of carbonyl (C=O) groups is 3. The lowest BCUT2D eigenvalue weighted by Gasteiger charge is -2.09. The summed E-state index contributed by atoms with van der Waals surface area (Å²) in [4.78, 5) is 32.9. The maximum absolute atomic E-state index is 11.9. The first-order chi connectivity index (χ1) is 10.7. The van der Waals surface area contributed by atoms with Crippen molar-refractivity contribution in [3.05, 3.63) is 24.3 Å². The van der Waals surface area contributed by atoms with E-state index < -0.39 is 43.5 Å². The molecule has 0 unspecified atom stereocenters. The second-order valence-corrected chi connectivity index (χ2v) is 4.32. The minimum absolute atomic E-state index is 0.258. The normalized spacial score (nSPS) is 10.7. The van der Waals surface area contributed by atoms with Gasteiger partial charge in [0.1, 0.15) is 18.7 Å². The van der Waals surface area contributed by atoms with Gasteiger partial charge in [0.25, 0.3) is 0 Å². The minimum atomic E-state index is -4.54. The number of carboxylic acid groups (broad SMARTS) is 1. The molecule has 0 aliphatic rings. The molecule has 1 aromatic carbocycles. The third-order valence-electron chi connectivity index (χ3n) is 2.31. The molecule has 0 heterocycles. The minimum Gasteiger partial charge on any atom is -0.482 e. The predicted octanol–water partition coefficient (Wildman–Crippen LogP) is 1.16. The molecule has 0 bridgehead atoms. The number of anilines is 1. The third-order valence-corrected chi connectivity index (χ3v) is 2.31. The van der Waals surface area contributed by atoms with Gasteiger partial charge in [-0.15, -0.1) is 0 Å². The quantitative estimate of drug-likeness (QED) is 0.649. The zero-order valence-corrected chi connectivity index (χ0v) is 11.6. The van der Waals surface area contributed by atoms with Crippen molar-refractivity contribution in [1.82, 2.24) is 5.32 Å². The zero-order valence-electron chi connectivity index (χ0n) is 11.6. The van der Waals surface area contributed by atoms with Gasteiger partial charge < -0.3 is 20.5 Å². The first-order valence-electron chi connectivity index (χ1n) is 6.23. The molecule has 0 fully saturated rings. The van der Waals surface area contributed by atoms with Crippen molar-refractivity contribution in [3.8, 4) is 5.75 Å². The number of halogens is 3. The van der Waals surface area contributed by atoms with Gasteiger partial charge in [-0.1, -0.05) is 0 Å². The summed E-state index contributed by atoms with van der Waals surface area (Å²) < 4.78 is 40.5. The molecular formula is C13H13F3N2O5. The van der Waals surface area contributed by atoms with Crippen LogP contribution in [0.15, 0.2) is 24.3 Å². The molecular weight excluding hydrogens is 321 g/mol. The van der Waals surface area contributed by atoms with Crippen LogP contribution in [0.1, 0.15) is 6.42 Å². The Bertz CT molecular complexity index is 572. The Kier molecular flexibility index (Phi) is 6.36. The second-order valence-electron chi connectivity index (χ2n) is 4.32. The maximum Gasteiger partial charge on any atom is 0.405 e. The number of carbonyl (C=O) groups excluding carboxylic acids is 2. The number of aliphatic carboxylic acids is 1. The summed E-state index contributed by atoms with van der Waals surface area (Å²) in [5.41, 5.74) is 0.279. The van der Waals surface area contributed by atoms with Crippen LogP contribution in [0.25, 0.3) is 0 Å². The number of hydrogen-bond acceptors (Lipinski definition) is 4. The Morgan fingerprint density at radius 3 is 2.22 bits per heavy atom. The van der Waals surface area contributed by atoms with Crippen molar-refractivity contribution in [2.45, 2.75) is 12.6 Å². The molecule has 1 rings (SSSR count). The highest BCUT2D eigenvalue weighted by Gasteiger charge is 2.27. The van der Waals surface area contributed by atoms with Crippen LogP contribution in [-0.2, 0) is 14.4 Å². The summed E-state index contributed by atoms with van der Waals surface area (Å²) in [6, 6.07) is 5.57. The van der Waals surface area contributed by atoms with E-state index in [9.17, 15) is 27.6 Å². The fourth-order valence-electron chi connectivity index (χ4n) is 1.39. The lowest BCUT2D eigenvalue weighted by Crippen LogP contribution is -2.35. The Labute approximate surface area is 128 Å². The van der Waals surface area contributed by atoms with Crippen LogP contribution < -0.4 is 15.4 Å². The van der Waals surface area contributed by atoms with Crippen molar-refractivity contribution < 1.29 is 37.4 Å². The number of benzene rings is 1. The SMILES string of the molecule is O=C(O)COc1ccc(NC(=O)CC(=O)NCC(F)(F)F)cc1. The molecule has 3 N–H and O–H groups in total. The van der Waals surface area contributed by atoms with Crippen LogP contribution >= 0.6 is 0 Å². The van der Waals surface area contributed by atoms with Crippen LogP contribution in [0, 0.1) is 0 Å². The molecule has 126 valence electrons. The largest absolute Gasteiger partial charge is 0.482 e. The third kappa shape index (κ3) is 8.29. The molecule has 1 aromatic rings. The Hall–Kier alpha value is -2.78. The van der Waals surface area contributed by atoms with Crippen LogP contribution in [0.3, 0.4) is 0 Å². The lowest BCUT2D eigenvalue weighted by atomic mass is 10.3. The standard InChI is InChI=1S/C13H13F3N2O5/c14-13(15,16)7-17-10(19)5-11(20)18-8-1-3-9(4-2-8)23-6-12(21)22/h1-4H,5-7H2,(H,17,19)(H,18,20)(H,21,22). The lowest BCUT2D eigenvalue weighted by molar-refractivity contribution is -0.140. The molecule has 7 nitrogen and oxygen atoms in total. The van der Waals surface area contributed by atoms with Gasteiger partial charge in [-0.2, -0.15) is 13.2 Å². The van der Waals surface area contributed by atoms with Gasteiger partial charge >= 0.3 is 12.1 Å². The molecule has 0 radical (unpaired) electrons. The molecule has 0 saturated carbocycles. The zero-order chi connectivity index (χ0) is 17.5. The maximum atomic E-state index is 11.9. The number of carboxylic acids is 1. The van der Waals surface area contributed by atoms with E-state index in [0.29, 0.717) is 0 Å². The van der Waals surface area contributed by atoms with E-state index in [2.05, 4.69) is 5.32 Å². The van der Waals surface area contributed by atoms with E-state index in [1.807, 2.05) is 0 Å². The Morgan fingerprint density at radius 1 is 1.09 bits per heavy atom. The number of alkyl halides is 3. The number of amides is 2. The Morgan fingerprint density at radius 2 is 1.70 bits per heavy atom. The molecule has 10 heteroatoms. The van der Waals surface area contributed by atoms with Crippen LogP contribution in [-0.4, -0.2) is 42.2 Å². The van der Waals surface area contributed by atoms with Crippen molar-refractivity contribution in [2.24, 2.45) is 0 Å². The monoisotopic (exact) mass is 334 g/mol. The summed E-state index contributed by atoms with van der Waals surface area (Å²) in [5, 5.41) is 12.3. The van der Waals surface area contributed by atoms with E-state index in [1.165, 1.54) is 24.3 Å². The summed E-state index contributed by atoms with van der Waals surface area (Å²) in [6.07, 6.45) is -5.30. The fraction of sp³-hybridized carbons (Fsp3) is 0.308. The van der Waals surface area contributed by atoms with E-state index in [1.54, 1.807) is 5.32 Å². The van der Waals surface area contributed by atoms with Gasteiger partial charge in [0, 0.05) is 5.69 Å². The fourth-order valence-corrected chi connectivity index (χ4v) is 1.39. The first-order valence-corrected chi connectivity index (χ1v) is 6.23. The summed E-state index contributed by atoms with van der Waals surface area (Å²) in [7, 11) is 0. The first kappa shape index (κ1) is 18.3. The van der Waals surface area contributed by atoms with Crippen molar-refractivity contribution in [1.29, 1.82) is 0 Å². The average Bonchev–Trinajstić information content (AvgIpc) is 2.43. The van der Waals surface area contributed by atoms with Gasteiger partial charge in [0.05, 0.1) is 0 Å². The van der Waals surface area contributed by atoms with Gasteiger partial charge in [0.15, 0.2) is 6.61 Å². The number of ether oxygens (including phenoxy) is 1. The highest BCUT2D eigenvalue weighted by molar-refractivity contribution is 6.03. The molecule has 0 saturated heterocycles. The number of hydrogen-bond donors (Lipinski definition) is 3. The van der Waals surface area contributed by atoms with Gasteiger partial charge in [-0.05, 0) is 24.3 Å². The molecule has 0 aromatic heterocycles. The number of rotatable bonds is 7. The molecule has 0 atom stereocenters. The smallest absolute Gasteiger partial charge is 0.405 e. The van der Waals surface area contributed by atoms with Crippen LogP contribution in [0.2, 0.25) is 0 Å². The topological polar surface area (TPSA) is 105 Å². The van der Waals surface area contributed by atoms with Gasteiger partial charge in [-0.3, -0.25) is 9.59 Å². The highest BCUT2D eigenvalue weighted by atomic mass is 19.4. The average molecular weight is 334 g/mol. The van der Waals surface area contributed by atoms with Gasteiger partial charge in [-0.25, -0.2) is 4.79 Å². The van der Waals surface area contributed by atoms with Gasteiger partial charge in [0.2, 0.25) is 11.8 Å². The molecule has 23 heavy (non-hydrogen) atoms. The van der Waals surface area contributed by atoms with E-state index in [-0.39, 0.29) is 11.4 Å². The Balaban J connectivity index is 2.42. The van der Waals surface area contributed by atoms with Crippen molar-refractivity contribution >= 4 is 23.5 Å². The molecule has 2 amide bonds. The molecule has 0 aliphatic carbocycles. The summed E-state index contributed by atoms with van der Waals surface area (Å²) in [5.74, 6) is -2.73. The molecule has 0 spiro atoms. The summed E-state index contributed by atoms with van der Waals surface area (Å²) >= 11 is 0. The predicted molar refractivity (Wildman–Crippen MR) is 71.9 cm³/mol. The van der Waals surface area contributed by atoms with Crippen LogP contribution in [0.5, 0.6) is 5.75 Å². The van der Waals surface area contributed by atoms with E-state index in [4.69, 9.17) is 9.84 Å². The van der Waals surface area contributed by atoms with Crippen molar-refractivity contribution in [3.63, 3.8) is 0 Å². The highest BCUT2D eigenvalue weighted by Crippen LogP contribution is 2.16. The summed E-state index contributed by atoms with van der Waals surface area (Å²) in [6.45, 7) is -2.03. The second kappa shape index (κ2) is 8.01.